The van der Waals surface area contributed by atoms with Crippen molar-refractivity contribution in [1.29, 1.82) is 5.41 Å². The minimum atomic E-state index is 0.0764. The van der Waals surface area contributed by atoms with Crippen molar-refractivity contribution in [3.63, 3.8) is 0 Å². The second kappa shape index (κ2) is 5.43. The van der Waals surface area contributed by atoms with Crippen molar-refractivity contribution in [2.75, 3.05) is 4.90 Å². The van der Waals surface area contributed by atoms with Crippen LogP contribution in [0.4, 0.5) is 5.69 Å². The van der Waals surface area contributed by atoms with Crippen molar-refractivity contribution >= 4 is 22.4 Å². The minimum Gasteiger partial charge on any atom is -0.370 e. The predicted molar refractivity (Wildman–Crippen MR) is 95.9 cm³/mol. The number of hydrogen-bond donors (Lipinski definition) is 2. The molecule has 0 saturated heterocycles. The molecule has 4 rings (SSSR count). The molecule has 0 saturated carbocycles. The third-order valence-electron chi connectivity index (χ3n) is 4.62. The molecule has 1 aliphatic carbocycles. The average molecular weight is 301 g/mol. The third-order valence-corrected chi connectivity index (χ3v) is 4.62. The van der Waals surface area contributed by atoms with E-state index in [4.69, 9.17) is 11.1 Å². The molecular weight excluding hydrogens is 282 g/mol. The van der Waals surface area contributed by atoms with Gasteiger partial charge >= 0.3 is 0 Å². The topological polar surface area (TPSA) is 53.1 Å². The first kappa shape index (κ1) is 13.8. The number of rotatable bonds is 3. The molecule has 0 aromatic heterocycles. The third kappa shape index (κ3) is 2.34. The second-order valence-corrected chi connectivity index (χ2v) is 6.04. The summed E-state index contributed by atoms with van der Waals surface area (Å²) < 4.78 is 0. The molecule has 0 spiro atoms. The first-order valence-electron chi connectivity index (χ1n) is 7.93. The summed E-state index contributed by atoms with van der Waals surface area (Å²) in [6.07, 6.45) is 2.21. The highest BCUT2D eigenvalue weighted by molar-refractivity contribution is 6.06. The average Bonchev–Trinajstić information content (AvgIpc) is 2.99. The van der Waals surface area contributed by atoms with Crippen LogP contribution in [0, 0.1) is 5.41 Å². The highest BCUT2D eigenvalue weighted by Crippen LogP contribution is 2.36. The highest BCUT2D eigenvalue weighted by atomic mass is 15.2. The summed E-state index contributed by atoms with van der Waals surface area (Å²) >= 11 is 0. The maximum Gasteiger partial charge on any atom is 0.193 e. The minimum absolute atomic E-state index is 0.0764. The normalized spacial score (nSPS) is 12.5. The molecule has 0 unspecified atom stereocenters. The second-order valence-electron chi connectivity index (χ2n) is 6.04. The van der Waals surface area contributed by atoms with Crippen molar-refractivity contribution in [3.05, 3.63) is 77.4 Å². The van der Waals surface area contributed by atoms with Gasteiger partial charge in [0, 0.05) is 5.39 Å². The van der Waals surface area contributed by atoms with Gasteiger partial charge < -0.3 is 10.6 Å². The quantitative estimate of drug-likeness (QED) is 0.570. The Morgan fingerprint density at radius 3 is 2.39 bits per heavy atom. The lowest BCUT2D eigenvalue weighted by Gasteiger charge is -2.25. The van der Waals surface area contributed by atoms with Gasteiger partial charge in [-0.2, -0.15) is 0 Å². The van der Waals surface area contributed by atoms with E-state index in [1.807, 2.05) is 23.1 Å². The Morgan fingerprint density at radius 2 is 1.65 bits per heavy atom. The molecule has 3 aromatic carbocycles. The van der Waals surface area contributed by atoms with Crippen LogP contribution in [-0.4, -0.2) is 5.96 Å². The lowest BCUT2D eigenvalue weighted by atomic mass is 10.0. The Bertz CT molecular complexity index is 874. The van der Waals surface area contributed by atoms with E-state index in [1.165, 1.54) is 21.9 Å². The number of aryl methyl sites for hydroxylation is 2. The summed E-state index contributed by atoms with van der Waals surface area (Å²) in [5.41, 5.74) is 10.9. The fourth-order valence-corrected chi connectivity index (χ4v) is 3.53. The molecule has 3 N–H and O–H groups in total. The monoisotopic (exact) mass is 301 g/mol. The number of guanidine groups is 1. The summed E-state index contributed by atoms with van der Waals surface area (Å²) in [4.78, 5) is 1.89. The molecule has 114 valence electrons. The molecule has 3 nitrogen and oxygen atoms in total. The van der Waals surface area contributed by atoms with Crippen LogP contribution >= 0.6 is 0 Å². The van der Waals surface area contributed by atoms with E-state index < -0.39 is 0 Å². The lowest BCUT2D eigenvalue weighted by molar-refractivity contribution is 0.989. The number of hydrogen-bond acceptors (Lipinski definition) is 1. The zero-order valence-corrected chi connectivity index (χ0v) is 12.9. The summed E-state index contributed by atoms with van der Waals surface area (Å²) in [6.45, 7) is 0.606. The van der Waals surface area contributed by atoms with Crippen molar-refractivity contribution in [3.8, 4) is 0 Å². The maximum atomic E-state index is 8.04. The first-order chi connectivity index (χ1) is 11.2. The van der Waals surface area contributed by atoms with Crippen LogP contribution in [0.25, 0.3) is 10.8 Å². The fraction of sp³-hybridized carbons (Fsp3) is 0.150. The van der Waals surface area contributed by atoms with Gasteiger partial charge in [0.1, 0.15) is 0 Å². The van der Waals surface area contributed by atoms with Crippen LogP contribution in [0.15, 0.2) is 60.7 Å². The van der Waals surface area contributed by atoms with Crippen molar-refractivity contribution < 1.29 is 0 Å². The summed E-state index contributed by atoms with van der Waals surface area (Å²) in [5.74, 6) is 0.0764. The molecule has 0 fully saturated rings. The van der Waals surface area contributed by atoms with Gasteiger partial charge in [0.15, 0.2) is 5.96 Å². The van der Waals surface area contributed by atoms with E-state index in [0.29, 0.717) is 6.54 Å². The van der Waals surface area contributed by atoms with Gasteiger partial charge in [-0.1, -0.05) is 54.6 Å². The zero-order valence-electron chi connectivity index (χ0n) is 12.9. The standard InChI is InChI=1S/C20H19N3/c21-20(22)23(13-14-5-2-1-3-6-14)18-12-11-16-10-9-15-7-4-8-17(18)19(15)16/h1-8,11-12H,9-10,13H2,(H3,21,22). The number of benzene rings is 3. The van der Waals surface area contributed by atoms with Crippen molar-refractivity contribution in [2.24, 2.45) is 5.73 Å². The Kier molecular flexibility index (Phi) is 3.27. The van der Waals surface area contributed by atoms with E-state index in [2.05, 4.69) is 42.5 Å². The zero-order chi connectivity index (χ0) is 15.8. The summed E-state index contributed by atoms with van der Waals surface area (Å²) in [7, 11) is 0. The molecule has 23 heavy (non-hydrogen) atoms. The van der Waals surface area contributed by atoms with Crippen LogP contribution in [-0.2, 0) is 19.4 Å². The van der Waals surface area contributed by atoms with Crippen molar-refractivity contribution in [2.45, 2.75) is 19.4 Å². The molecule has 3 heteroatoms. The predicted octanol–water partition coefficient (Wildman–Crippen LogP) is 3.84. The molecule has 1 aliphatic rings. The van der Waals surface area contributed by atoms with Gasteiger partial charge in [-0.3, -0.25) is 5.41 Å². The fourth-order valence-electron chi connectivity index (χ4n) is 3.53. The van der Waals surface area contributed by atoms with E-state index in [9.17, 15) is 0 Å². The lowest BCUT2D eigenvalue weighted by Crippen LogP contribution is -2.36. The van der Waals surface area contributed by atoms with Crippen molar-refractivity contribution in [1.82, 2.24) is 0 Å². The van der Waals surface area contributed by atoms with Gasteiger partial charge in [-0.15, -0.1) is 0 Å². The number of nitrogens with one attached hydrogen (secondary N) is 1. The van der Waals surface area contributed by atoms with Gasteiger partial charge in [-0.25, -0.2) is 0 Å². The molecule has 0 aliphatic heterocycles. The molecule has 3 aromatic rings. The van der Waals surface area contributed by atoms with Gasteiger partial charge in [-0.05, 0) is 41.0 Å². The summed E-state index contributed by atoms with van der Waals surface area (Å²) in [5, 5.41) is 10.6. The molecule has 0 radical (unpaired) electrons. The molecule has 0 atom stereocenters. The number of nitrogens with two attached hydrogens (primary N) is 1. The summed E-state index contributed by atoms with van der Waals surface area (Å²) in [6, 6.07) is 20.9. The van der Waals surface area contributed by atoms with Gasteiger partial charge in [0.2, 0.25) is 0 Å². The Morgan fingerprint density at radius 1 is 0.913 bits per heavy atom. The SMILES string of the molecule is N=C(N)N(Cc1ccccc1)c1ccc2c3c(cccc13)CC2. The van der Waals surface area contributed by atoms with E-state index >= 15 is 0 Å². The number of nitrogens with zero attached hydrogens (tertiary/aromatic N) is 1. The van der Waals surface area contributed by atoms with E-state index in [-0.39, 0.29) is 5.96 Å². The Balaban J connectivity index is 1.84. The Hall–Kier alpha value is -2.81. The molecule has 0 heterocycles. The smallest absolute Gasteiger partial charge is 0.193 e. The first-order valence-corrected chi connectivity index (χ1v) is 7.93. The van der Waals surface area contributed by atoms with Crippen LogP contribution in [0.1, 0.15) is 16.7 Å². The molecular formula is C20H19N3. The highest BCUT2D eigenvalue weighted by Gasteiger charge is 2.19. The van der Waals surface area contributed by atoms with Crippen LogP contribution in [0.3, 0.4) is 0 Å². The molecule has 0 bridgehead atoms. The van der Waals surface area contributed by atoms with Crippen LogP contribution < -0.4 is 10.6 Å². The van der Waals surface area contributed by atoms with E-state index in [0.717, 1.165) is 24.1 Å². The van der Waals surface area contributed by atoms with Crippen LogP contribution in [0.2, 0.25) is 0 Å². The largest absolute Gasteiger partial charge is 0.370 e. The Labute approximate surface area is 135 Å². The van der Waals surface area contributed by atoms with Crippen LogP contribution in [0.5, 0.6) is 0 Å². The molecule has 0 amide bonds. The van der Waals surface area contributed by atoms with Gasteiger partial charge in [0.05, 0.1) is 12.2 Å². The maximum absolute atomic E-state index is 8.04. The number of anilines is 1. The van der Waals surface area contributed by atoms with E-state index in [1.54, 1.807) is 0 Å². The van der Waals surface area contributed by atoms with Gasteiger partial charge in [0.25, 0.3) is 0 Å².